The first kappa shape index (κ1) is 33.9. The van der Waals surface area contributed by atoms with Crippen LogP contribution in [0.5, 0.6) is 5.75 Å². The van der Waals surface area contributed by atoms with Gasteiger partial charge in [0.2, 0.25) is 5.91 Å². The molecule has 3 aromatic carbocycles. The van der Waals surface area contributed by atoms with Crippen molar-refractivity contribution in [2.24, 2.45) is 0 Å². The fourth-order valence-corrected chi connectivity index (χ4v) is 6.17. The van der Waals surface area contributed by atoms with Gasteiger partial charge in [0.1, 0.15) is 22.8 Å². The van der Waals surface area contributed by atoms with Crippen molar-refractivity contribution in [1.82, 2.24) is 19.9 Å². The number of hydrogen-bond donors (Lipinski definition) is 3. The van der Waals surface area contributed by atoms with Crippen LogP contribution in [0.15, 0.2) is 77.7 Å². The number of pyridine rings is 1. The van der Waals surface area contributed by atoms with Crippen LogP contribution in [0.4, 0.5) is 0 Å². The largest absolute Gasteiger partial charge is 0.508 e. The number of nitrogens with one attached hydrogen (secondary N) is 1. The van der Waals surface area contributed by atoms with E-state index in [2.05, 4.69) is 27.9 Å². The molecule has 240 valence electrons. The lowest BCUT2D eigenvalue weighted by Crippen LogP contribution is -2.31. The van der Waals surface area contributed by atoms with Crippen molar-refractivity contribution in [2.45, 2.75) is 52.4 Å². The molecule has 5 rings (SSSR count). The van der Waals surface area contributed by atoms with E-state index >= 15 is 0 Å². The number of phenols is 1. The number of carboxylic acid groups (broad SMARTS) is 1. The highest BCUT2D eigenvalue weighted by atomic mass is 32.2. The second-order valence-electron chi connectivity index (χ2n) is 11.1. The standard InChI is InChI=1S/C27H30N4O3S.C8H8O3/c1-5-25-30-27-20(4)29-19(3)16-24(27)31(25)22-10-8-21(9-11-22)14-15-28-26(32)17-35(33,34)23-12-6-18(2)7-13-23;1-5-2-3-6(9)4-7(5)8(10)11/h6-13,16H,5,14-15,17H2,1-4H3,(H,28,32);2-4,9H,1H3,(H,10,11). The Labute approximate surface area is 268 Å². The molecule has 1 amide bonds. The molecule has 0 aliphatic carbocycles. The van der Waals surface area contributed by atoms with Crippen LogP contribution in [-0.4, -0.2) is 57.3 Å². The maximum Gasteiger partial charge on any atom is 0.336 e. The molecular weight excluding hydrogens is 604 g/mol. The first-order chi connectivity index (χ1) is 21.8. The molecule has 0 radical (unpaired) electrons. The summed E-state index contributed by atoms with van der Waals surface area (Å²) >= 11 is 0. The Balaban J connectivity index is 0.000000369. The number of fused-ring (bicyclic) bond motifs is 1. The summed E-state index contributed by atoms with van der Waals surface area (Å²) in [7, 11) is -3.66. The average molecular weight is 643 g/mol. The molecule has 0 saturated heterocycles. The number of rotatable bonds is 9. The molecule has 10 nitrogen and oxygen atoms in total. The van der Waals surface area contributed by atoms with Crippen LogP contribution >= 0.6 is 0 Å². The zero-order valence-corrected chi connectivity index (χ0v) is 27.4. The maximum atomic E-state index is 12.5. The summed E-state index contributed by atoms with van der Waals surface area (Å²) in [6.07, 6.45) is 1.40. The number of sulfone groups is 1. The number of aromatic carboxylic acids is 1. The maximum absolute atomic E-state index is 12.5. The van der Waals surface area contributed by atoms with Crippen molar-refractivity contribution in [3.63, 3.8) is 0 Å². The highest BCUT2D eigenvalue weighted by Crippen LogP contribution is 2.25. The van der Waals surface area contributed by atoms with Gasteiger partial charge in [0.15, 0.2) is 9.84 Å². The summed E-state index contributed by atoms with van der Waals surface area (Å²) in [6.45, 7) is 9.98. The van der Waals surface area contributed by atoms with Crippen molar-refractivity contribution in [1.29, 1.82) is 0 Å². The lowest BCUT2D eigenvalue weighted by atomic mass is 10.1. The van der Waals surface area contributed by atoms with Crippen molar-refractivity contribution in [3.8, 4) is 11.4 Å². The van der Waals surface area contributed by atoms with Gasteiger partial charge in [-0.2, -0.15) is 0 Å². The molecule has 2 heterocycles. The molecule has 5 aromatic rings. The van der Waals surface area contributed by atoms with Gasteiger partial charge < -0.3 is 15.5 Å². The number of carboxylic acids is 1. The number of aromatic hydroxyl groups is 1. The number of carbonyl (C=O) groups excluding carboxylic acids is 1. The van der Waals surface area contributed by atoms with Gasteiger partial charge in [-0.3, -0.25) is 14.3 Å². The first-order valence-corrected chi connectivity index (χ1v) is 16.5. The third-order valence-corrected chi connectivity index (χ3v) is 9.05. The summed E-state index contributed by atoms with van der Waals surface area (Å²) in [5.41, 5.74) is 7.66. The second-order valence-corrected chi connectivity index (χ2v) is 13.1. The van der Waals surface area contributed by atoms with Crippen LogP contribution < -0.4 is 5.32 Å². The minimum absolute atomic E-state index is 0.0204. The van der Waals surface area contributed by atoms with Gasteiger partial charge in [-0.05, 0) is 87.7 Å². The SMILES string of the molecule is CCc1nc2c(C)nc(C)cc2n1-c1ccc(CCNC(=O)CS(=O)(=O)c2ccc(C)cc2)cc1.Cc1ccc(O)cc1C(=O)O. The molecule has 0 aliphatic rings. The average Bonchev–Trinajstić information content (AvgIpc) is 3.38. The number of amides is 1. The van der Waals surface area contributed by atoms with Crippen molar-refractivity contribution in [3.05, 3.63) is 112 Å². The second kappa shape index (κ2) is 14.4. The zero-order valence-electron chi connectivity index (χ0n) is 26.5. The highest BCUT2D eigenvalue weighted by Gasteiger charge is 2.19. The van der Waals surface area contributed by atoms with E-state index in [4.69, 9.17) is 15.2 Å². The third-order valence-electron chi connectivity index (χ3n) is 7.41. The molecule has 0 spiro atoms. The van der Waals surface area contributed by atoms with Crippen molar-refractivity contribution < 1.29 is 28.2 Å². The summed E-state index contributed by atoms with van der Waals surface area (Å²) in [5.74, 6) is -1.12. The zero-order chi connectivity index (χ0) is 33.6. The van der Waals surface area contributed by atoms with E-state index < -0.39 is 27.5 Å². The molecule has 0 aliphatic heterocycles. The smallest absolute Gasteiger partial charge is 0.336 e. The molecule has 11 heteroatoms. The fourth-order valence-electron chi connectivity index (χ4n) is 5.00. The first-order valence-electron chi connectivity index (χ1n) is 14.8. The van der Waals surface area contributed by atoms with Crippen LogP contribution in [0.2, 0.25) is 0 Å². The molecular formula is C35H38N4O6S. The Bertz CT molecular complexity index is 1980. The van der Waals surface area contributed by atoms with E-state index in [9.17, 15) is 18.0 Å². The Morgan fingerprint density at radius 1 is 0.891 bits per heavy atom. The van der Waals surface area contributed by atoms with Gasteiger partial charge in [-0.25, -0.2) is 18.2 Å². The van der Waals surface area contributed by atoms with Crippen LogP contribution in [-0.2, 0) is 27.5 Å². The Kier molecular flexibility index (Phi) is 10.6. The Morgan fingerprint density at radius 3 is 2.17 bits per heavy atom. The summed E-state index contributed by atoms with van der Waals surface area (Å²) in [4.78, 5) is 32.2. The lowest BCUT2D eigenvalue weighted by molar-refractivity contribution is -0.118. The molecule has 0 fully saturated rings. The predicted octanol–water partition coefficient (Wildman–Crippen LogP) is 5.44. The number of carbonyl (C=O) groups is 2. The molecule has 0 bridgehead atoms. The number of aromatic nitrogens is 3. The van der Waals surface area contributed by atoms with E-state index in [0.29, 0.717) is 18.5 Å². The number of benzene rings is 3. The Hall–Kier alpha value is -5.03. The van der Waals surface area contributed by atoms with Crippen LogP contribution in [0.3, 0.4) is 0 Å². The highest BCUT2D eigenvalue weighted by molar-refractivity contribution is 7.92. The fraction of sp³-hybridized carbons (Fsp3) is 0.257. The topological polar surface area (TPSA) is 151 Å². The number of aryl methyl sites for hydroxylation is 5. The summed E-state index contributed by atoms with van der Waals surface area (Å²) in [6, 6.07) is 21.0. The van der Waals surface area contributed by atoms with E-state index in [1.165, 1.54) is 24.3 Å². The van der Waals surface area contributed by atoms with E-state index in [1.807, 2.05) is 45.0 Å². The molecule has 0 unspecified atom stereocenters. The molecule has 0 saturated carbocycles. The monoisotopic (exact) mass is 642 g/mol. The van der Waals surface area contributed by atoms with Gasteiger partial charge in [0.25, 0.3) is 0 Å². The quantitative estimate of drug-likeness (QED) is 0.192. The molecule has 3 N–H and O–H groups in total. The number of hydrogen-bond acceptors (Lipinski definition) is 7. The predicted molar refractivity (Wildman–Crippen MR) is 177 cm³/mol. The molecule has 46 heavy (non-hydrogen) atoms. The lowest BCUT2D eigenvalue weighted by Gasteiger charge is -2.11. The summed E-state index contributed by atoms with van der Waals surface area (Å²) < 4.78 is 27.1. The number of phenolic OH excluding ortho intramolecular Hbond substituents is 1. The van der Waals surface area contributed by atoms with E-state index in [1.54, 1.807) is 25.1 Å². The van der Waals surface area contributed by atoms with Gasteiger partial charge in [-0.15, -0.1) is 0 Å². The number of nitrogens with zero attached hydrogens (tertiary/aromatic N) is 3. The minimum Gasteiger partial charge on any atom is -0.508 e. The van der Waals surface area contributed by atoms with Crippen molar-refractivity contribution in [2.75, 3.05) is 12.3 Å². The Morgan fingerprint density at radius 2 is 1.57 bits per heavy atom. The van der Waals surface area contributed by atoms with E-state index in [-0.39, 0.29) is 16.2 Å². The van der Waals surface area contributed by atoms with Crippen LogP contribution in [0.25, 0.3) is 16.7 Å². The van der Waals surface area contributed by atoms with Crippen molar-refractivity contribution >= 4 is 32.7 Å². The minimum atomic E-state index is -3.66. The van der Waals surface area contributed by atoms with Gasteiger partial charge >= 0.3 is 5.97 Å². The van der Waals surface area contributed by atoms with Gasteiger partial charge in [-0.1, -0.05) is 42.8 Å². The normalized spacial score (nSPS) is 11.2. The molecule has 0 atom stereocenters. The van der Waals surface area contributed by atoms with E-state index in [0.717, 1.165) is 51.5 Å². The summed E-state index contributed by atoms with van der Waals surface area (Å²) in [5, 5.41) is 20.2. The number of imidazole rings is 1. The third kappa shape index (κ3) is 8.16. The van der Waals surface area contributed by atoms with Gasteiger partial charge in [0, 0.05) is 24.3 Å². The molecule has 2 aromatic heterocycles. The van der Waals surface area contributed by atoms with Crippen LogP contribution in [0, 0.1) is 27.7 Å². The van der Waals surface area contributed by atoms with Crippen LogP contribution in [0.1, 0.15) is 51.2 Å². The van der Waals surface area contributed by atoms with Gasteiger partial charge in [0.05, 0.1) is 21.7 Å².